The lowest BCUT2D eigenvalue weighted by atomic mass is 9.66. The van der Waals surface area contributed by atoms with E-state index in [4.69, 9.17) is 16.9 Å². The molecule has 126 valence electrons. The number of nitrogens with zero attached hydrogens (tertiary/aromatic N) is 3. The van der Waals surface area contributed by atoms with Crippen molar-refractivity contribution in [1.82, 2.24) is 9.97 Å². The van der Waals surface area contributed by atoms with Crippen LogP contribution >= 0.6 is 22.9 Å². The van der Waals surface area contributed by atoms with E-state index >= 15 is 0 Å². The predicted molar refractivity (Wildman–Crippen MR) is 97.6 cm³/mol. The van der Waals surface area contributed by atoms with E-state index < -0.39 is 0 Å². The molecular formula is C18H14ClFN4S. The number of aromatic nitrogens is 2. The molecule has 25 heavy (non-hydrogen) atoms. The molecule has 1 aliphatic carbocycles. The third-order valence-electron chi connectivity index (χ3n) is 4.73. The van der Waals surface area contributed by atoms with Gasteiger partial charge in [0.2, 0.25) is 0 Å². The number of rotatable bonds is 4. The Balaban J connectivity index is 1.60. The first kappa shape index (κ1) is 16.2. The van der Waals surface area contributed by atoms with Crippen molar-refractivity contribution in [2.75, 3.05) is 11.9 Å². The standard InChI is InChI=1S/C18H14ClFN4S/c19-12-7-11(9-21)8-14-15(12)24-17(25-14)23-10-18(4-2-5-18)16-13(20)3-1-6-22-16/h1,3,6-8H,2,4-5,10H2,(H,23,24). The lowest BCUT2D eigenvalue weighted by molar-refractivity contribution is 0.243. The number of nitrogens with one attached hydrogen (secondary N) is 1. The Hall–Kier alpha value is -2.23. The number of pyridine rings is 1. The summed E-state index contributed by atoms with van der Waals surface area (Å²) in [6.45, 7) is 0.573. The normalized spacial score (nSPS) is 15.6. The van der Waals surface area contributed by atoms with Crippen molar-refractivity contribution in [2.24, 2.45) is 0 Å². The Labute approximate surface area is 153 Å². The van der Waals surface area contributed by atoms with E-state index in [2.05, 4.69) is 21.4 Å². The van der Waals surface area contributed by atoms with Crippen LogP contribution in [0.15, 0.2) is 30.5 Å². The van der Waals surface area contributed by atoms with Gasteiger partial charge in [0, 0.05) is 18.2 Å². The SMILES string of the molecule is N#Cc1cc(Cl)c2nc(NCC3(c4ncccc4F)CCC3)sc2c1. The van der Waals surface area contributed by atoms with Gasteiger partial charge in [-0.2, -0.15) is 5.26 Å². The van der Waals surface area contributed by atoms with Gasteiger partial charge < -0.3 is 5.32 Å². The van der Waals surface area contributed by atoms with Crippen LogP contribution in [0.4, 0.5) is 9.52 Å². The number of hydrogen-bond acceptors (Lipinski definition) is 5. The predicted octanol–water partition coefficient (Wildman–Crippen LogP) is 4.89. The summed E-state index contributed by atoms with van der Waals surface area (Å²) in [6, 6.07) is 8.56. The Bertz CT molecular complexity index is 990. The van der Waals surface area contributed by atoms with Crippen molar-refractivity contribution in [3.63, 3.8) is 0 Å². The molecule has 4 rings (SSSR count). The maximum Gasteiger partial charge on any atom is 0.183 e. The minimum absolute atomic E-state index is 0.255. The van der Waals surface area contributed by atoms with Gasteiger partial charge in [0.25, 0.3) is 0 Å². The van der Waals surface area contributed by atoms with Crippen LogP contribution in [0.25, 0.3) is 10.2 Å². The van der Waals surface area contributed by atoms with Gasteiger partial charge in [0.15, 0.2) is 5.13 Å². The highest BCUT2D eigenvalue weighted by Crippen LogP contribution is 2.44. The molecule has 1 N–H and O–H groups in total. The van der Waals surface area contributed by atoms with Crippen molar-refractivity contribution in [2.45, 2.75) is 24.7 Å². The zero-order valence-corrected chi connectivity index (χ0v) is 14.8. The Morgan fingerprint density at radius 1 is 1.40 bits per heavy atom. The zero-order chi connectivity index (χ0) is 17.4. The molecule has 1 fully saturated rings. The van der Waals surface area contributed by atoms with E-state index in [1.54, 1.807) is 24.4 Å². The second kappa shape index (κ2) is 6.25. The monoisotopic (exact) mass is 372 g/mol. The lowest BCUT2D eigenvalue weighted by Gasteiger charge is -2.41. The average molecular weight is 373 g/mol. The first-order chi connectivity index (χ1) is 12.1. The van der Waals surface area contributed by atoms with Crippen molar-refractivity contribution in [1.29, 1.82) is 5.26 Å². The van der Waals surface area contributed by atoms with Gasteiger partial charge in [0.1, 0.15) is 11.3 Å². The maximum atomic E-state index is 14.2. The van der Waals surface area contributed by atoms with E-state index in [9.17, 15) is 4.39 Å². The summed E-state index contributed by atoms with van der Waals surface area (Å²) in [5.41, 5.74) is 1.43. The molecule has 7 heteroatoms. The fourth-order valence-electron chi connectivity index (χ4n) is 3.25. The van der Waals surface area contributed by atoms with Gasteiger partial charge in [-0.1, -0.05) is 29.4 Å². The van der Waals surface area contributed by atoms with E-state index in [0.717, 1.165) is 29.1 Å². The van der Waals surface area contributed by atoms with Gasteiger partial charge in [-0.25, -0.2) is 9.37 Å². The average Bonchev–Trinajstić information content (AvgIpc) is 2.99. The van der Waals surface area contributed by atoms with Crippen LogP contribution in [0.3, 0.4) is 0 Å². The van der Waals surface area contributed by atoms with Gasteiger partial charge >= 0.3 is 0 Å². The minimum Gasteiger partial charge on any atom is -0.361 e. The number of halogens is 2. The van der Waals surface area contributed by atoms with Crippen molar-refractivity contribution < 1.29 is 4.39 Å². The summed E-state index contributed by atoms with van der Waals surface area (Å²) in [5, 5.41) is 13.6. The van der Waals surface area contributed by atoms with Gasteiger partial charge in [0.05, 0.1) is 27.0 Å². The molecule has 4 nitrogen and oxygen atoms in total. The van der Waals surface area contributed by atoms with Crippen LogP contribution < -0.4 is 5.32 Å². The molecule has 0 unspecified atom stereocenters. The highest BCUT2D eigenvalue weighted by atomic mass is 35.5. The maximum absolute atomic E-state index is 14.2. The van der Waals surface area contributed by atoms with E-state index in [1.807, 2.05) is 0 Å². The summed E-state index contributed by atoms with van der Waals surface area (Å²) in [6.07, 6.45) is 4.50. The number of thiazole rings is 1. The van der Waals surface area contributed by atoms with E-state index in [-0.39, 0.29) is 11.2 Å². The molecule has 1 aromatic carbocycles. The molecule has 0 atom stereocenters. The molecule has 0 aliphatic heterocycles. The third kappa shape index (κ3) is 2.84. The first-order valence-electron chi connectivity index (χ1n) is 7.96. The number of anilines is 1. The summed E-state index contributed by atoms with van der Waals surface area (Å²) >= 11 is 7.65. The molecule has 0 radical (unpaired) electrons. The largest absolute Gasteiger partial charge is 0.361 e. The van der Waals surface area contributed by atoms with Gasteiger partial charge in [-0.15, -0.1) is 0 Å². The molecule has 2 heterocycles. The van der Waals surface area contributed by atoms with Crippen molar-refractivity contribution >= 4 is 38.3 Å². The third-order valence-corrected chi connectivity index (χ3v) is 5.98. The Morgan fingerprint density at radius 3 is 2.92 bits per heavy atom. The summed E-state index contributed by atoms with van der Waals surface area (Å²) in [7, 11) is 0. The van der Waals surface area contributed by atoms with E-state index in [1.165, 1.54) is 17.4 Å². The van der Waals surface area contributed by atoms with Crippen LogP contribution in [0.2, 0.25) is 5.02 Å². The molecular weight excluding hydrogens is 359 g/mol. The number of benzene rings is 1. The van der Waals surface area contributed by atoms with Crippen LogP contribution in [-0.2, 0) is 5.41 Å². The Morgan fingerprint density at radius 2 is 2.24 bits per heavy atom. The topological polar surface area (TPSA) is 61.6 Å². The van der Waals surface area contributed by atoms with Crippen LogP contribution in [0, 0.1) is 17.1 Å². The molecule has 3 aromatic rings. The molecule has 2 aromatic heterocycles. The Kier molecular flexibility index (Phi) is 4.06. The summed E-state index contributed by atoms with van der Waals surface area (Å²) < 4.78 is 15.0. The van der Waals surface area contributed by atoms with Crippen LogP contribution in [0.5, 0.6) is 0 Å². The number of fused-ring (bicyclic) bond motifs is 1. The fourth-order valence-corrected chi connectivity index (χ4v) is 4.50. The van der Waals surface area contributed by atoms with Crippen LogP contribution in [0.1, 0.15) is 30.5 Å². The first-order valence-corrected chi connectivity index (χ1v) is 9.16. The van der Waals surface area contributed by atoms with Gasteiger partial charge in [-0.3, -0.25) is 4.98 Å². The molecule has 1 aliphatic rings. The molecule has 0 amide bonds. The zero-order valence-electron chi connectivity index (χ0n) is 13.2. The highest BCUT2D eigenvalue weighted by Gasteiger charge is 2.41. The molecule has 0 spiro atoms. The number of hydrogen-bond donors (Lipinski definition) is 1. The molecule has 1 saturated carbocycles. The quantitative estimate of drug-likeness (QED) is 0.708. The van der Waals surface area contributed by atoms with Crippen molar-refractivity contribution in [3.05, 3.63) is 52.6 Å². The van der Waals surface area contributed by atoms with Gasteiger partial charge in [-0.05, 0) is 37.1 Å². The van der Waals surface area contributed by atoms with Crippen LogP contribution in [-0.4, -0.2) is 16.5 Å². The second-order valence-corrected chi connectivity index (χ2v) is 7.69. The van der Waals surface area contributed by atoms with Crippen molar-refractivity contribution in [3.8, 4) is 6.07 Å². The molecule has 0 saturated heterocycles. The summed E-state index contributed by atoms with van der Waals surface area (Å²) in [4.78, 5) is 8.79. The van der Waals surface area contributed by atoms with E-state index in [0.29, 0.717) is 28.3 Å². The number of nitriles is 1. The highest BCUT2D eigenvalue weighted by molar-refractivity contribution is 7.22. The lowest BCUT2D eigenvalue weighted by Crippen LogP contribution is -2.42. The summed E-state index contributed by atoms with van der Waals surface area (Å²) in [5.74, 6) is -0.255. The molecule has 0 bridgehead atoms. The smallest absolute Gasteiger partial charge is 0.183 e. The second-order valence-electron chi connectivity index (χ2n) is 6.26. The minimum atomic E-state index is -0.287. The fraction of sp³-hybridized carbons (Fsp3) is 0.278.